The van der Waals surface area contributed by atoms with Crippen LogP contribution in [0.4, 0.5) is 10.5 Å². The number of methoxy groups -OCH3 is 1. The number of benzene rings is 1. The molecule has 2 N–H and O–H groups in total. The van der Waals surface area contributed by atoms with E-state index in [9.17, 15) is 4.79 Å². The van der Waals surface area contributed by atoms with Crippen molar-refractivity contribution < 1.29 is 9.53 Å². The maximum absolute atomic E-state index is 12.2. The second-order valence-corrected chi connectivity index (χ2v) is 6.39. The molecule has 0 atom stereocenters. The van der Waals surface area contributed by atoms with E-state index in [0.29, 0.717) is 23.0 Å². The lowest BCUT2D eigenvalue weighted by atomic mass is 10.1. The largest absolute Gasteiger partial charge is 0.495 e. The van der Waals surface area contributed by atoms with Gasteiger partial charge in [0.15, 0.2) is 0 Å². The van der Waals surface area contributed by atoms with Crippen LogP contribution in [0.25, 0.3) is 11.3 Å². The first-order chi connectivity index (χ1) is 12.2. The Morgan fingerprint density at radius 3 is 2.96 bits per heavy atom. The number of rotatable bonds is 5. The number of halogens is 1. The lowest BCUT2D eigenvalue weighted by molar-refractivity contribution is 0.251. The average molecular weight is 374 g/mol. The second-order valence-electron chi connectivity index (χ2n) is 5.18. The zero-order valence-electron chi connectivity index (χ0n) is 13.5. The van der Waals surface area contributed by atoms with Gasteiger partial charge in [-0.1, -0.05) is 17.7 Å². The Morgan fingerprint density at radius 2 is 2.20 bits per heavy atom. The summed E-state index contributed by atoms with van der Waals surface area (Å²) in [5, 5.41) is 10.1. The van der Waals surface area contributed by atoms with Gasteiger partial charge in [-0.2, -0.15) is 11.3 Å². The fourth-order valence-corrected chi connectivity index (χ4v) is 3.17. The fourth-order valence-electron chi connectivity index (χ4n) is 2.36. The third-order valence-corrected chi connectivity index (χ3v) is 4.45. The molecular formula is C18H16ClN3O2S. The molecule has 0 saturated carbocycles. The number of thiophene rings is 1. The van der Waals surface area contributed by atoms with Crippen molar-refractivity contribution in [3.8, 4) is 17.0 Å². The van der Waals surface area contributed by atoms with Crippen LogP contribution in [0.1, 0.15) is 5.56 Å². The Hall–Kier alpha value is -2.57. The lowest BCUT2D eigenvalue weighted by Crippen LogP contribution is -2.28. The zero-order chi connectivity index (χ0) is 17.6. The molecule has 25 heavy (non-hydrogen) atoms. The summed E-state index contributed by atoms with van der Waals surface area (Å²) in [4.78, 5) is 16.6. The number of aromatic nitrogens is 1. The number of carbonyl (C=O) groups excluding carboxylic acids is 1. The Morgan fingerprint density at radius 1 is 1.32 bits per heavy atom. The second kappa shape index (κ2) is 8.00. The number of urea groups is 1. The smallest absolute Gasteiger partial charge is 0.319 e. The number of ether oxygens (including phenoxy) is 1. The maximum atomic E-state index is 12.2. The summed E-state index contributed by atoms with van der Waals surface area (Å²) in [6.45, 7) is 0.355. The van der Waals surface area contributed by atoms with E-state index in [4.69, 9.17) is 16.3 Å². The van der Waals surface area contributed by atoms with Crippen LogP contribution in [0.2, 0.25) is 5.02 Å². The molecule has 3 aromatic rings. The molecule has 128 valence electrons. The van der Waals surface area contributed by atoms with Gasteiger partial charge in [-0.05, 0) is 41.3 Å². The molecule has 0 fully saturated rings. The zero-order valence-corrected chi connectivity index (χ0v) is 15.0. The molecule has 0 saturated heterocycles. The fraction of sp³-hybridized carbons (Fsp3) is 0.111. The molecule has 5 nitrogen and oxygen atoms in total. The van der Waals surface area contributed by atoms with Crippen LogP contribution in [0.5, 0.6) is 5.75 Å². The first-order valence-corrected chi connectivity index (χ1v) is 8.84. The standard InChI is InChI=1S/C18H16ClN3O2S/c1-24-16-5-4-14(19)9-15(16)22-18(23)21-10-12-3-2-7-20-17(12)13-6-8-25-11-13/h2-9,11H,10H2,1H3,(H2,21,22,23). The predicted molar refractivity (Wildman–Crippen MR) is 101 cm³/mol. The normalized spacial score (nSPS) is 10.3. The molecule has 2 heterocycles. The van der Waals surface area contributed by atoms with Crippen molar-refractivity contribution in [2.24, 2.45) is 0 Å². The van der Waals surface area contributed by atoms with Gasteiger partial charge in [-0.3, -0.25) is 4.98 Å². The van der Waals surface area contributed by atoms with Gasteiger partial charge in [0.1, 0.15) is 5.75 Å². The van der Waals surface area contributed by atoms with Crippen molar-refractivity contribution in [1.82, 2.24) is 10.3 Å². The minimum Gasteiger partial charge on any atom is -0.495 e. The molecule has 0 radical (unpaired) electrons. The quantitative estimate of drug-likeness (QED) is 0.675. The van der Waals surface area contributed by atoms with E-state index in [0.717, 1.165) is 16.8 Å². The molecule has 0 spiro atoms. The summed E-state index contributed by atoms with van der Waals surface area (Å²) in [7, 11) is 1.54. The highest BCUT2D eigenvalue weighted by atomic mass is 35.5. The average Bonchev–Trinajstić information content (AvgIpc) is 3.15. The highest BCUT2D eigenvalue weighted by molar-refractivity contribution is 7.08. The molecule has 1 aromatic carbocycles. The van der Waals surface area contributed by atoms with Crippen LogP contribution in [0.15, 0.2) is 53.4 Å². The Labute approximate surface area is 154 Å². The monoisotopic (exact) mass is 373 g/mol. The summed E-state index contributed by atoms with van der Waals surface area (Å²) < 4.78 is 5.22. The number of pyridine rings is 1. The maximum Gasteiger partial charge on any atom is 0.319 e. The topological polar surface area (TPSA) is 63.2 Å². The molecule has 0 aliphatic heterocycles. The third kappa shape index (κ3) is 4.29. The molecule has 7 heteroatoms. The van der Waals surface area contributed by atoms with Gasteiger partial charge >= 0.3 is 6.03 Å². The molecule has 2 amide bonds. The van der Waals surface area contributed by atoms with Gasteiger partial charge in [-0.25, -0.2) is 4.79 Å². The summed E-state index contributed by atoms with van der Waals surface area (Å²) in [5.41, 5.74) is 3.36. The van der Waals surface area contributed by atoms with E-state index in [1.54, 1.807) is 35.7 Å². The van der Waals surface area contributed by atoms with E-state index in [-0.39, 0.29) is 6.03 Å². The summed E-state index contributed by atoms with van der Waals surface area (Å²) in [6, 6.07) is 10.5. The number of nitrogens with zero attached hydrogens (tertiary/aromatic N) is 1. The number of hydrogen-bond acceptors (Lipinski definition) is 4. The molecule has 0 aliphatic rings. The van der Waals surface area contributed by atoms with Gasteiger partial charge in [0.25, 0.3) is 0 Å². The van der Waals surface area contributed by atoms with Crippen molar-refractivity contribution in [1.29, 1.82) is 0 Å². The summed E-state index contributed by atoms with van der Waals surface area (Å²) >= 11 is 7.58. The van der Waals surface area contributed by atoms with E-state index in [1.807, 2.05) is 29.0 Å². The van der Waals surface area contributed by atoms with Crippen molar-refractivity contribution in [3.63, 3.8) is 0 Å². The van der Waals surface area contributed by atoms with Gasteiger partial charge < -0.3 is 15.4 Å². The Bertz CT molecular complexity index is 869. The number of hydrogen-bond donors (Lipinski definition) is 2. The predicted octanol–water partition coefficient (Wildman–Crippen LogP) is 4.79. The molecule has 0 bridgehead atoms. The Balaban J connectivity index is 1.69. The van der Waals surface area contributed by atoms with Crippen LogP contribution in [0, 0.1) is 0 Å². The number of anilines is 1. The highest BCUT2D eigenvalue weighted by Gasteiger charge is 2.10. The van der Waals surface area contributed by atoms with Gasteiger partial charge in [0.2, 0.25) is 0 Å². The third-order valence-electron chi connectivity index (χ3n) is 3.54. The van der Waals surface area contributed by atoms with E-state index < -0.39 is 0 Å². The molecule has 0 unspecified atom stereocenters. The Kier molecular flexibility index (Phi) is 5.53. The minimum absolute atomic E-state index is 0.347. The first-order valence-electron chi connectivity index (χ1n) is 7.52. The van der Waals surface area contributed by atoms with Crippen molar-refractivity contribution >= 4 is 34.7 Å². The molecular weight excluding hydrogens is 358 g/mol. The number of nitrogens with one attached hydrogen (secondary N) is 2. The molecule has 0 aliphatic carbocycles. The SMILES string of the molecule is COc1ccc(Cl)cc1NC(=O)NCc1cccnc1-c1ccsc1. The van der Waals surface area contributed by atoms with Crippen molar-refractivity contribution in [2.45, 2.75) is 6.54 Å². The lowest BCUT2D eigenvalue weighted by Gasteiger charge is -2.12. The van der Waals surface area contributed by atoms with Gasteiger partial charge in [0, 0.05) is 28.7 Å². The van der Waals surface area contributed by atoms with Gasteiger partial charge in [-0.15, -0.1) is 0 Å². The summed E-state index contributed by atoms with van der Waals surface area (Å²) in [5.74, 6) is 0.542. The number of carbonyl (C=O) groups is 1. The van der Waals surface area contributed by atoms with Crippen LogP contribution in [-0.4, -0.2) is 18.1 Å². The van der Waals surface area contributed by atoms with E-state index >= 15 is 0 Å². The van der Waals surface area contributed by atoms with Crippen LogP contribution in [0.3, 0.4) is 0 Å². The van der Waals surface area contributed by atoms with Crippen LogP contribution >= 0.6 is 22.9 Å². The van der Waals surface area contributed by atoms with E-state index in [1.165, 1.54) is 7.11 Å². The minimum atomic E-state index is -0.347. The first kappa shape index (κ1) is 17.3. The van der Waals surface area contributed by atoms with Gasteiger partial charge in [0.05, 0.1) is 18.5 Å². The number of amides is 2. The van der Waals surface area contributed by atoms with Crippen LogP contribution < -0.4 is 15.4 Å². The summed E-state index contributed by atoms with van der Waals surface area (Å²) in [6.07, 6.45) is 1.74. The highest BCUT2D eigenvalue weighted by Crippen LogP contribution is 2.27. The van der Waals surface area contributed by atoms with E-state index in [2.05, 4.69) is 15.6 Å². The van der Waals surface area contributed by atoms with Crippen molar-refractivity contribution in [2.75, 3.05) is 12.4 Å². The molecule has 3 rings (SSSR count). The van der Waals surface area contributed by atoms with Crippen LogP contribution in [-0.2, 0) is 6.54 Å². The van der Waals surface area contributed by atoms with Crippen molar-refractivity contribution in [3.05, 3.63) is 63.9 Å². The molecule has 2 aromatic heterocycles.